The van der Waals surface area contributed by atoms with Gasteiger partial charge in [0, 0.05) is 62.8 Å². The van der Waals surface area contributed by atoms with Crippen LogP contribution in [0.1, 0.15) is 47.4 Å². The molecule has 2 aromatic heterocycles. The monoisotopic (exact) mass is 445 g/mol. The smallest absolute Gasteiger partial charge is 0.271 e. The molecular weight excluding hydrogens is 418 g/mol. The highest BCUT2D eigenvalue weighted by atomic mass is 16.3. The molecule has 1 aliphatic heterocycles. The first kappa shape index (κ1) is 22.5. The quantitative estimate of drug-likeness (QED) is 0.626. The van der Waals surface area contributed by atoms with Crippen LogP contribution in [0.5, 0.6) is 0 Å². The van der Waals surface area contributed by atoms with Gasteiger partial charge in [0.1, 0.15) is 12.0 Å². The normalized spacial score (nSPS) is 14.8. The molecular formula is C25H27N5O3. The molecule has 0 bridgehead atoms. The number of pyridine rings is 1. The maximum Gasteiger partial charge on any atom is 0.271 e. The second-order valence-electron chi connectivity index (χ2n) is 8.24. The molecule has 0 aliphatic carbocycles. The van der Waals surface area contributed by atoms with Gasteiger partial charge in [0.05, 0.1) is 11.7 Å². The molecule has 170 valence electrons. The Labute approximate surface area is 192 Å². The third kappa shape index (κ3) is 4.34. The van der Waals surface area contributed by atoms with Gasteiger partial charge in [-0.15, -0.1) is 0 Å². The Bertz CT molecular complexity index is 1180. The highest BCUT2D eigenvalue weighted by Crippen LogP contribution is 2.42. The summed E-state index contributed by atoms with van der Waals surface area (Å²) in [7, 11) is 3.38. The minimum Gasteiger partial charge on any atom is -0.396 e. The second-order valence-corrected chi connectivity index (χ2v) is 8.24. The van der Waals surface area contributed by atoms with Crippen molar-refractivity contribution in [3.05, 3.63) is 65.9 Å². The van der Waals surface area contributed by atoms with Crippen molar-refractivity contribution in [1.29, 1.82) is 0 Å². The molecule has 0 spiro atoms. The Morgan fingerprint density at radius 3 is 2.52 bits per heavy atom. The lowest BCUT2D eigenvalue weighted by Gasteiger charge is -2.25. The number of aromatic nitrogens is 3. The lowest BCUT2D eigenvalue weighted by molar-refractivity contribution is -0.133. The van der Waals surface area contributed by atoms with E-state index in [-0.39, 0.29) is 24.5 Å². The zero-order chi connectivity index (χ0) is 23.5. The zero-order valence-corrected chi connectivity index (χ0v) is 19.0. The molecule has 8 nitrogen and oxygen atoms in total. The van der Waals surface area contributed by atoms with Crippen LogP contribution in [0.2, 0.25) is 0 Å². The summed E-state index contributed by atoms with van der Waals surface area (Å²) in [4.78, 5) is 41.8. The molecule has 2 amide bonds. The number of hydrogen-bond acceptors (Lipinski definition) is 6. The fraction of sp³-hybridized carbons (Fsp3) is 0.320. The van der Waals surface area contributed by atoms with Gasteiger partial charge in [0.2, 0.25) is 5.91 Å². The number of aliphatic hydroxyl groups excluding tert-OH is 1. The SMILES string of the molecule is CCC(=O)N1Cc2cc(C(=O)N(C)C)nc(-c3cccc(-c4cncnc4)c3)c2[C@H]1CCO. The van der Waals surface area contributed by atoms with Crippen LogP contribution < -0.4 is 0 Å². The van der Waals surface area contributed by atoms with Crippen molar-refractivity contribution < 1.29 is 14.7 Å². The van der Waals surface area contributed by atoms with Crippen LogP contribution >= 0.6 is 0 Å². The number of carbonyl (C=O) groups excluding carboxylic acids is 2. The molecule has 3 aromatic rings. The average molecular weight is 446 g/mol. The number of benzene rings is 1. The fourth-order valence-corrected chi connectivity index (χ4v) is 4.30. The van der Waals surface area contributed by atoms with Gasteiger partial charge < -0.3 is 14.9 Å². The minimum absolute atomic E-state index is 0.00581. The number of aliphatic hydroxyl groups is 1. The number of carbonyl (C=O) groups is 2. The van der Waals surface area contributed by atoms with E-state index in [0.29, 0.717) is 30.8 Å². The van der Waals surface area contributed by atoms with Gasteiger partial charge in [-0.3, -0.25) is 9.59 Å². The Morgan fingerprint density at radius 2 is 1.85 bits per heavy atom. The summed E-state index contributed by atoms with van der Waals surface area (Å²) in [5.41, 5.74) is 5.38. The number of fused-ring (bicyclic) bond motifs is 1. The van der Waals surface area contributed by atoms with E-state index in [1.54, 1.807) is 37.5 Å². The molecule has 8 heteroatoms. The van der Waals surface area contributed by atoms with E-state index in [0.717, 1.165) is 27.8 Å². The van der Waals surface area contributed by atoms with E-state index in [9.17, 15) is 14.7 Å². The highest BCUT2D eigenvalue weighted by molar-refractivity contribution is 5.93. The van der Waals surface area contributed by atoms with Crippen LogP contribution in [0, 0.1) is 0 Å². The van der Waals surface area contributed by atoms with Crippen LogP contribution in [-0.2, 0) is 11.3 Å². The van der Waals surface area contributed by atoms with Gasteiger partial charge in [-0.05, 0) is 29.7 Å². The first-order valence-electron chi connectivity index (χ1n) is 11.0. The van der Waals surface area contributed by atoms with Crippen molar-refractivity contribution in [2.75, 3.05) is 20.7 Å². The molecule has 33 heavy (non-hydrogen) atoms. The molecule has 3 heterocycles. The van der Waals surface area contributed by atoms with E-state index in [1.807, 2.05) is 31.2 Å². The number of nitrogens with zero attached hydrogens (tertiary/aromatic N) is 5. The minimum atomic E-state index is -0.299. The van der Waals surface area contributed by atoms with Crippen LogP contribution in [-0.4, -0.2) is 62.4 Å². The molecule has 1 aromatic carbocycles. The fourth-order valence-electron chi connectivity index (χ4n) is 4.30. The molecule has 0 unspecified atom stereocenters. The Morgan fingerprint density at radius 1 is 1.12 bits per heavy atom. The standard InChI is InChI=1S/C25H27N5O3/c1-4-22(32)30-14-18-11-20(25(33)29(2)3)28-24(23(18)21(30)8-9-31)17-7-5-6-16(10-17)19-12-26-15-27-13-19/h5-7,10-13,15,21,31H,4,8-9,14H2,1-3H3/t21-/m1/s1. The molecule has 0 fully saturated rings. The van der Waals surface area contributed by atoms with Crippen LogP contribution in [0.4, 0.5) is 0 Å². The zero-order valence-electron chi connectivity index (χ0n) is 19.0. The third-order valence-corrected chi connectivity index (χ3v) is 5.87. The van der Waals surface area contributed by atoms with E-state index in [1.165, 1.54) is 11.2 Å². The van der Waals surface area contributed by atoms with Crippen molar-refractivity contribution in [3.63, 3.8) is 0 Å². The molecule has 0 saturated carbocycles. The van der Waals surface area contributed by atoms with Crippen molar-refractivity contribution in [1.82, 2.24) is 24.8 Å². The largest absolute Gasteiger partial charge is 0.396 e. The molecule has 1 atom stereocenters. The van der Waals surface area contributed by atoms with Gasteiger partial charge in [0.25, 0.3) is 5.91 Å². The third-order valence-electron chi connectivity index (χ3n) is 5.87. The molecule has 1 N–H and O–H groups in total. The van der Waals surface area contributed by atoms with Crippen LogP contribution in [0.15, 0.2) is 49.1 Å². The summed E-state index contributed by atoms with van der Waals surface area (Å²) in [6.07, 6.45) is 5.74. The van der Waals surface area contributed by atoms with E-state index < -0.39 is 0 Å². The Balaban J connectivity index is 1.91. The molecule has 4 rings (SSSR count). The first-order valence-corrected chi connectivity index (χ1v) is 11.0. The Kier molecular flexibility index (Phi) is 6.46. The second kappa shape index (κ2) is 9.46. The summed E-state index contributed by atoms with van der Waals surface area (Å²) >= 11 is 0. The summed E-state index contributed by atoms with van der Waals surface area (Å²) in [6, 6.07) is 9.31. The lowest BCUT2D eigenvalue weighted by atomic mass is 9.94. The van der Waals surface area contributed by atoms with Crippen LogP contribution in [0.25, 0.3) is 22.4 Å². The van der Waals surface area contributed by atoms with Crippen molar-refractivity contribution >= 4 is 11.8 Å². The van der Waals surface area contributed by atoms with Crippen molar-refractivity contribution in [3.8, 4) is 22.4 Å². The van der Waals surface area contributed by atoms with E-state index >= 15 is 0 Å². The molecule has 0 radical (unpaired) electrons. The highest BCUT2D eigenvalue weighted by Gasteiger charge is 2.36. The maximum atomic E-state index is 12.8. The van der Waals surface area contributed by atoms with Crippen molar-refractivity contribution in [2.45, 2.75) is 32.4 Å². The summed E-state index contributed by atoms with van der Waals surface area (Å²) in [5.74, 6) is -0.197. The summed E-state index contributed by atoms with van der Waals surface area (Å²) in [5, 5.41) is 9.76. The first-order chi connectivity index (χ1) is 15.9. The van der Waals surface area contributed by atoms with Gasteiger partial charge in [-0.1, -0.05) is 25.1 Å². The van der Waals surface area contributed by atoms with Gasteiger partial charge >= 0.3 is 0 Å². The van der Waals surface area contributed by atoms with Gasteiger partial charge in [-0.25, -0.2) is 15.0 Å². The summed E-state index contributed by atoms with van der Waals surface area (Å²) < 4.78 is 0. The van der Waals surface area contributed by atoms with Gasteiger partial charge in [0.15, 0.2) is 0 Å². The number of amides is 2. The lowest BCUT2D eigenvalue weighted by Crippen LogP contribution is -2.29. The predicted molar refractivity (Wildman–Crippen MR) is 124 cm³/mol. The topological polar surface area (TPSA) is 99.5 Å². The summed E-state index contributed by atoms with van der Waals surface area (Å²) in [6.45, 7) is 2.16. The number of rotatable bonds is 6. The maximum absolute atomic E-state index is 12.8. The van der Waals surface area contributed by atoms with E-state index in [2.05, 4.69) is 9.97 Å². The predicted octanol–water partition coefficient (Wildman–Crippen LogP) is 3.08. The van der Waals surface area contributed by atoms with E-state index in [4.69, 9.17) is 4.98 Å². The van der Waals surface area contributed by atoms with Crippen LogP contribution in [0.3, 0.4) is 0 Å². The van der Waals surface area contributed by atoms with Gasteiger partial charge in [-0.2, -0.15) is 0 Å². The molecule has 1 aliphatic rings. The number of hydrogen-bond donors (Lipinski definition) is 1. The molecule has 0 saturated heterocycles. The average Bonchev–Trinajstić information content (AvgIpc) is 3.21. The van der Waals surface area contributed by atoms with Crippen molar-refractivity contribution in [2.24, 2.45) is 0 Å². The Hall–Kier alpha value is -3.65.